The van der Waals surface area contributed by atoms with Crippen molar-refractivity contribution in [1.29, 1.82) is 0 Å². The Labute approximate surface area is 127 Å². The molecule has 0 unspecified atom stereocenters. The van der Waals surface area contributed by atoms with E-state index < -0.39 is 23.7 Å². The van der Waals surface area contributed by atoms with Gasteiger partial charge >= 0.3 is 6.18 Å². The smallest absolute Gasteiger partial charge is 0.377 e. The molecule has 1 atom stereocenters. The highest BCUT2D eigenvalue weighted by atomic mass is 32.1. The molecule has 22 heavy (non-hydrogen) atoms. The van der Waals surface area contributed by atoms with Crippen molar-refractivity contribution >= 4 is 32.6 Å². The molecule has 118 valence electrons. The van der Waals surface area contributed by atoms with E-state index in [9.17, 15) is 18.0 Å². The number of benzene rings is 1. The van der Waals surface area contributed by atoms with Crippen LogP contribution in [0.2, 0.25) is 0 Å². The fourth-order valence-corrected chi connectivity index (χ4v) is 3.30. The highest BCUT2D eigenvalue weighted by Gasteiger charge is 2.32. The molecule has 1 aromatic heterocycles. The van der Waals surface area contributed by atoms with Crippen LogP contribution in [-0.2, 0) is 15.7 Å². The highest BCUT2D eigenvalue weighted by molar-refractivity contribution is 7.22. The third-order valence-corrected chi connectivity index (χ3v) is 4.48. The Balaban J connectivity index is 1.99. The van der Waals surface area contributed by atoms with Gasteiger partial charge in [0.05, 0.1) is 29.0 Å². The van der Waals surface area contributed by atoms with E-state index in [1.54, 1.807) is 4.90 Å². The number of halogens is 3. The fraction of sp³-hybridized carbons (Fsp3) is 0.385. The molecule has 5 nitrogen and oxygen atoms in total. The summed E-state index contributed by atoms with van der Waals surface area (Å²) in [6, 6.07) is 2.76. The first-order valence-electron chi connectivity index (χ1n) is 6.48. The van der Waals surface area contributed by atoms with Crippen molar-refractivity contribution in [2.24, 2.45) is 5.73 Å². The standard InChI is InChI=1S/C13H12F3N3O2S/c14-13(15,16)7-1-2-10-8(5-7)18-12(22-10)19-3-4-21-6-9(19)11(17)20/h1-2,5,9H,3-4,6H2,(H2,17,20)/t9-/m0/s1. The van der Waals surface area contributed by atoms with Crippen molar-refractivity contribution in [2.75, 3.05) is 24.7 Å². The lowest BCUT2D eigenvalue weighted by molar-refractivity contribution is -0.137. The predicted molar refractivity (Wildman–Crippen MR) is 75.8 cm³/mol. The maximum absolute atomic E-state index is 12.7. The number of hydrogen-bond donors (Lipinski definition) is 1. The van der Waals surface area contributed by atoms with E-state index in [2.05, 4.69) is 4.98 Å². The fourth-order valence-electron chi connectivity index (χ4n) is 2.28. The van der Waals surface area contributed by atoms with Crippen molar-refractivity contribution in [3.05, 3.63) is 23.8 Å². The molecule has 2 N–H and O–H groups in total. The lowest BCUT2D eigenvalue weighted by atomic mass is 10.2. The number of carbonyl (C=O) groups excluding carboxylic acids is 1. The molecule has 1 aliphatic heterocycles. The zero-order valence-electron chi connectivity index (χ0n) is 11.3. The molecular formula is C13H12F3N3O2S. The van der Waals surface area contributed by atoms with Crippen LogP contribution in [0.1, 0.15) is 5.56 Å². The molecule has 2 aromatic rings. The van der Waals surface area contributed by atoms with Gasteiger partial charge in [0, 0.05) is 6.54 Å². The molecule has 9 heteroatoms. The molecule has 2 heterocycles. The minimum Gasteiger partial charge on any atom is -0.377 e. The summed E-state index contributed by atoms with van der Waals surface area (Å²) in [4.78, 5) is 17.4. The number of ether oxygens (including phenoxy) is 1. The van der Waals surface area contributed by atoms with Gasteiger partial charge in [-0.2, -0.15) is 13.2 Å². The third kappa shape index (κ3) is 2.73. The number of hydrogen-bond acceptors (Lipinski definition) is 5. The number of nitrogens with zero attached hydrogens (tertiary/aromatic N) is 2. The summed E-state index contributed by atoms with van der Waals surface area (Å²) in [5, 5.41) is 0.474. The molecular weight excluding hydrogens is 319 g/mol. The minimum absolute atomic E-state index is 0.152. The van der Waals surface area contributed by atoms with E-state index in [1.165, 1.54) is 17.4 Å². The van der Waals surface area contributed by atoms with Gasteiger partial charge in [-0.25, -0.2) is 4.98 Å². The lowest BCUT2D eigenvalue weighted by Crippen LogP contribution is -2.52. The minimum atomic E-state index is -4.41. The normalized spacial score (nSPS) is 19.6. The summed E-state index contributed by atoms with van der Waals surface area (Å²) < 4.78 is 44.0. The number of amides is 1. The van der Waals surface area contributed by atoms with E-state index in [0.29, 0.717) is 23.0 Å². The number of fused-ring (bicyclic) bond motifs is 1. The molecule has 0 aliphatic carbocycles. The van der Waals surface area contributed by atoms with Crippen LogP contribution in [0.5, 0.6) is 0 Å². The van der Waals surface area contributed by atoms with Crippen LogP contribution in [0.15, 0.2) is 18.2 Å². The Morgan fingerprint density at radius 2 is 2.23 bits per heavy atom. The van der Waals surface area contributed by atoms with E-state index in [4.69, 9.17) is 10.5 Å². The average Bonchev–Trinajstić information content (AvgIpc) is 2.89. The number of anilines is 1. The van der Waals surface area contributed by atoms with Gasteiger partial charge in [-0.3, -0.25) is 4.79 Å². The summed E-state index contributed by atoms with van der Waals surface area (Å²) >= 11 is 1.23. The van der Waals surface area contributed by atoms with Crippen LogP contribution >= 0.6 is 11.3 Å². The molecule has 0 spiro atoms. The number of thiazole rings is 1. The van der Waals surface area contributed by atoms with Crippen LogP contribution in [0.4, 0.5) is 18.3 Å². The summed E-state index contributed by atoms with van der Waals surface area (Å²) in [6.45, 7) is 0.978. The molecule has 1 saturated heterocycles. The molecule has 1 fully saturated rings. The highest BCUT2D eigenvalue weighted by Crippen LogP contribution is 2.35. The van der Waals surface area contributed by atoms with Gasteiger partial charge in [-0.15, -0.1) is 0 Å². The monoisotopic (exact) mass is 331 g/mol. The molecule has 0 bridgehead atoms. The van der Waals surface area contributed by atoms with E-state index in [-0.39, 0.29) is 12.1 Å². The average molecular weight is 331 g/mol. The maximum atomic E-state index is 12.7. The number of alkyl halides is 3. The van der Waals surface area contributed by atoms with Gasteiger partial charge in [0.15, 0.2) is 5.13 Å². The Kier molecular flexibility index (Phi) is 3.69. The van der Waals surface area contributed by atoms with Crippen molar-refractivity contribution < 1.29 is 22.7 Å². The first kappa shape index (κ1) is 15.0. The second-order valence-electron chi connectivity index (χ2n) is 4.86. The quantitative estimate of drug-likeness (QED) is 0.914. The molecule has 1 aliphatic rings. The Hall–Kier alpha value is -1.87. The van der Waals surface area contributed by atoms with Gasteiger partial charge in [0.2, 0.25) is 5.91 Å². The van der Waals surface area contributed by atoms with E-state index in [0.717, 1.165) is 12.1 Å². The van der Waals surface area contributed by atoms with E-state index >= 15 is 0 Å². The van der Waals surface area contributed by atoms with Crippen molar-refractivity contribution in [2.45, 2.75) is 12.2 Å². The summed E-state index contributed by atoms with van der Waals surface area (Å²) in [7, 11) is 0. The number of nitrogens with two attached hydrogens (primary N) is 1. The van der Waals surface area contributed by atoms with Crippen LogP contribution in [0.25, 0.3) is 10.2 Å². The number of aromatic nitrogens is 1. The van der Waals surface area contributed by atoms with Crippen LogP contribution in [0.3, 0.4) is 0 Å². The first-order chi connectivity index (χ1) is 10.4. The van der Waals surface area contributed by atoms with Gasteiger partial charge in [0.25, 0.3) is 0 Å². The molecule has 0 saturated carbocycles. The SMILES string of the molecule is NC(=O)[C@@H]1COCCN1c1nc2cc(C(F)(F)F)ccc2s1. The molecule has 1 aromatic carbocycles. The van der Waals surface area contributed by atoms with Gasteiger partial charge in [-0.05, 0) is 18.2 Å². The van der Waals surface area contributed by atoms with Gasteiger partial charge in [-0.1, -0.05) is 11.3 Å². The zero-order chi connectivity index (χ0) is 15.9. The molecule has 3 rings (SSSR count). The van der Waals surface area contributed by atoms with Crippen molar-refractivity contribution in [1.82, 2.24) is 4.98 Å². The van der Waals surface area contributed by atoms with Crippen molar-refractivity contribution in [3.63, 3.8) is 0 Å². The summed E-state index contributed by atoms with van der Waals surface area (Å²) in [5.74, 6) is -0.546. The zero-order valence-corrected chi connectivity index (χ0v) is 12.1. The Morgan fingerprint density at radius 3 is 2.91 bits per heavy atom. The predicted octanol–water partition coefficient (Wildman–Crippen LogP) is 2.01. The van der Waals surface area contributed by atoms with Gasteiger partial charge in [0.1, 0.15) is 6.04 Å². The number of rotatable bonds is 2. The third-order valence-electron chi connectivity index (χ3n) is 3.41. The van der Waals surface area contributed by atoms with Crippen molar-refractivity contribution in [3.8, 4) is 0 Å². The first-order valence-corrected chi connectivity index (χ1v) is 7.29. The lowest BCUT2D eigenvalue weighted by Gasteiger charge is -2.33. The second kappa shape index (κ2) is 5.40. The Morgan fingerprint density at radius 1 is 1.45 bits per heavy atom. The maximum Gasteiger partial charge on any atom is 0.416 e. The van der Waals surface area contributed by atoms with Crippen LogP contribution in [0, 0.1) is 0 Å². The largest absolute Gasteiger partial charge is 0.416 e. The number of carbonyl (C=O) groups is 1. The van der Waals surface area contributed by atoms with E-state index in [1.807, 2.05) is 0 Å². The molecule has 0 radical (unpaired) electrons. The van der Waals surface area contributed by atoms with Gasteiger partial charge < -0.3 is 15.4 Å². The number of primary amides is 1. The number of morpholine rings is 1. The van der Waals surface area contributed by atoms with Crippen LogP contribution in [-0.4, -0.2) is 36.7 Å². The molecule has 1 amide bonds. The summed E-state index contributed by atoms with van der Waals surface area (Å²) in [6.07, 6.45) is -4.41. The van der Waals surface area contributed by atoms with Crippen LogP contribution < -0.4 is 10.6 Å². The summed E-state index contributed by atoms with van der Waals surface area (Å²) in [5.41, 5.74) is 4.85. The topological polar surface area (TPSA) is 68.5 Å². The Bertz CT molecular complexity index is 716. The second-order valence-corrected chi connectivity index (χ2v) is 5.87.